The van der Waals surface area contributed by atoms with Crippen molar-refractivity contribution < 1.29 is 18.3 Å². The van der Waals surface area contributed by atoms with Gasteiger partial charge in [-0.2, -0.15) is 13.2 Å². The SMILES string of the molecule is CC1(O)CCN(c2ncc(C(F)(F)F)cc2N)CC1. The summed E-state index contributed by atoms with van der Waals surface area (Å²) in [5.74, 6) is 0.350. The number of nitrogens with two attached hydrogens (primary N) is 1. The Labute approximate surface area is 109 Å². The standard InChI is InChI=1S/C12H16F3N3O/c1-11(19)2-4-18(5-3-11)10-9(16)6-8(7-17-10)12(13,14)15/h6-7,19H,2-5,16H2,1H3. The van der Waals surface area contributed by atoms with Crippen LogP contribution >= 0.6 is 0 Å². The van der Waals surface area contributed by atoms with Crippen LogP contribution in [0.1, 0.15) is 25.3 Å². The average Bonchev–Trinajstić information content (AvgIpc) is 2.28. The van der Waals surface area contributed by atoms with E-state index >= 15 is 0 Å². The summed E-state index contributed by atoms with van der Waals surface area (Å²) in [6.45, 7) is 2.79. The average molecular weight is 275 g/mol. The fourth-order valence-corrected chi connectivity index (χ4v) is 2.09. The zero-order valence-corrected chi connectivity index (χ0v) is 10.5. The van der Waals surface area contributed by atoms with Gasteiger partial charge in [0.1, 0.15) is 0 Å². The highest BCUT2D eigenvalue weighted by atomic mass is 19.4. The molecule has 0 radical (unpaired) electrons. The number of rotatable bonds is 1. The molecule has 19 heavy (non-hydrogen) atoms. The predicted molar refractivity (Wildman–Crippen MR) is 65.7 cm³/mol. The van der Waals surface area contributed by atoms with E-state index in [2.05, 4.69) is 4.98 Å². The molecule has 1 aromatic rings. The molecule has 0 unspecified atom stereocenters. The topological polar surface area (TPSA) is 62.4 Å². The van der Waals surface area contributed by atoms with Crippen LogP contribution in [0.2, 0.25) is 0 Å². The van der Waals surface area contributed by atoms with E-state index in [1.165, 1.54) is 0 Å². The van der Waals surface area contributed by atoms with Gasteiger partial charge in [-0.25, -0.2) is 4.98 Å². The molecule has 1 aliphatic heterocycles. The molecule has 7 heteroatoms. The lowest BCUT2D eigenvalue weighted by Gasteiger charge is -2.36. The van der Waals surface area contributed by atoms with Crippen molar-refractivity contribution >= 4 is 11.5 Å². The molecule has 0 atom stereocenters. The first-order chi connectivity index (χ1) is 8.69. The van der Waals surface area contributed by atoms with Crippen LogP contribution in [0.5, 0.6) is 0 Å². The van der Waals surface area contributed by atoms with E-state index in [-0.39, 0.29) is 5.69 Å². The minimum atomic E-state index is -4.44. The molecule has 1 aromatic heterocycles. The maximum absolute atomic E-state index is 12.5. The van der Waals surface area contributed by atoms with Crippen molar-refractivity contribution in [1.82, 2.24) is 4.98 Å². The molecule has 4 nitrogen and oxygen atoms in total. The number of nitrogens with zero attached hydrogens (tertiary/aromatic N) is 2. The van der Waals surface area contributed by atoms with Gasteiger partial charge in [0.2, 0.25) is 0 Å². The van der Waals surface area contributed by atoms with Crippen molar-refractivity contribution in [3.63, 3.8) is 0 Å². The number of piperidine rings is 1. The molecular formula is C12H16F3N3O. The van der Waals surface area contributed by atoms with Crippen LogP contribution in [-0.2, 0) is 6.18 Å². The third-order valence-corrected chi connectivity index (χ3v) is 3.36. The summed E-state index contributed by atoms with van der Waals surface area (Å²) < 4.78 is 37.5. The second kappa shape index (κ2) is 4.56. The van der Waals surface area contributed by atoms with Crippen LogP contribution in [0.4, 0.5) is 24.7 Å². The van der Waals surface area contributed by atoms with E-state index in [4.69, 9.17) is 5.73 Å². The molecule has 0 bridgehead atoms. The van der Waals surface area contributed by atoms with Gasteiger partial charge in [-0.05, 0) is 25.8 Å². The van der Waals surface area contributed by atoms with Gasteiger partial charge in [-0.3, -0.25) is 0 Å². The van der Waals surface area contributed by atoms with E-state index in [9.17, 15) is 18.3 Å². The summed E-state index contributed by atoms with van der Waals surface area (Å²) in [5, 5.41) is 9.83. The second-order valence-electron chi connectivity index (χ2n) is 5.12. The molecular weight excluding hydrogens is 259 g/mol. The highest BCUT2D eigenvalue weighted by molar-refractivity contribution is 5.63. The van der Waals surface area contributed by atoms with Crippen LogP contribution in [0.25, 0.3) is 0 Å². The Kier molecular flexibility index (Phi) is 3.34. The zero-order valence-electron chi connectivity index (χ0n) is 10.5. The summed E-state index contributed by atoms with van der Waals surface area (Å²) in [6.07, 6.45) is -2.58. The van der Waals surface area contributed by atoms with E-state index in [0.717, 1.165) is 12.3 Å². The summed E-state index contributed by atoms with van der Waals surface area (Å²) in [6, 6.07) is 0.898. The van der Waals surface area contributed by atoms with Crippen molar-refractivity contribution in [1.29, 1.82) is 0 Å². The summed E-state index contributed by atoms with van der Waals surface area (Å²) in [4.78, 5) is 5.61. The molecule has 1 fully saturated rings. The van der Waals surface area contributed by atoms with Gasteiger partial charge in [0.25, 0.3) is 0 Å². The van der Waals surface area contributed by atoms with Crippen LogP contribution < -0.4 is 10.6 Å². The predicted octanol–water partition coefficient (Wildman–Crippen LogP) is 2.03. The first kappa shape index (κ1) is 13.9. The fourth-order valence-electron chi connectivity index (χ4n) is 2.09. The maximum Gasteiger partial charge on any atom is 0.417 e. The van der Waals surface area contributed by atoms with Gasteiger partial charge >= 0.3 is 6.18 Å². The second-order valence-corrected chi connectivity index (χ2v) is 5.12. The summed E-state index contributed by atoms with van der Waals surface area (Å²) >= 11 is 0. The molecule has 0 spiro atoms. The number of aromatic nitrogens is 1. The molecule has 0 aromatic carbocycles. The third kappa shape index (κ3) is 3.09. The van der Waals surface area contributed by atoms with Crippen LogP contribution in [0, 0.1) is 0 Å². The Morgan fingerprint density at radius 2 is 1.95 bits per heavy atom. The Bertz CT molecular complexity index is 464. The first-order valence-corrected chi connectivity index (χ1v) is 5.99. The first-order valence-electron chi connectivity index (χ1n) is 5.99. The molecule has 1 saturated heterocycles. The highest BCUT2D eigenvalue weighted by Gasteiger charge is 2.33. The lowest BCUT2D eigenvalue weighted by molar-refractivity contribution is -0.137. The number of anilines is 2. The Balaban J connectivity index is 2.19. The quantitative estimate of drug-likeness (QED) is 0.823. The number of alkyl halides is 3. The lowest BCUT2D eigenvalue weighted by Crippen LogP contribution is -2.43. The fraction of sp³-hybridized carbons (Fsp3) is 0.583. The van der Waals surface area contributed by atoms with Crippen LogP contribution in [0.3, 0.4) is 0 Å². The number of nitrogen functional groups attached to an aromatic ring is 1. The zero-order chi connectivity index (χ0) is 14.3. The van der Waals surface area contributed by atoms with Gasteiger partial charge < -0.3 is 15.7 Å². The lowest BCUT2D eigenvalue weighted by atomic mass is 9.94. The number of pyridine rings is 1. The number of aliphatic hydroxyl groups is 1. The number of hydrogen-bond donors (Lipinski definition) is 2. The number of halogens is 3. The molecule has 106 valence electrons. The van der Waals surface area contributed by atoms with Crippen molar-refractivity contribution in [3.8, 4) is 0 Å². The molecule has 0 saturated carbocycles. The van der Waals surface area contributed by atoms with Gasteiger partial charge in [0, 0.05) is 19.3 Å². The van der Waals surface area contributed by atoms with Gasteiger partial charge in [0.15, 0.2) is 5.82 Å². The monoisotopic (exact) mass is 275 g/mol. The molecule has 2 heterocycles. The molecule has 0 amide bonds. The minimum Gasteiger partial charge on any atom is -0.396 e. The minimum absolute atomic E-state index is 0.0105. The van der Waals surface area contributed by atoms with E-state index in [1.54, 1.807) is 11.8 Å². The van der Waals surface area contributed by atoms with Crippen molar-refractivity contribution in [2.75, 3.05) is 23.7 Å². The smallest absolute Gasteiger partial charge is 0.396 e. The molecule has 2 rings (SSSR count). The Hall–Kier alpha value is -1.50. The Morgan fingerprint density at radius 3 is 2.42 bits per heavy atom. The van der Waals surface area contributed by atoms with Crippen LogP contribution in [0.15, 0.2) is 12.3 Å². The molecule has 0 aliphatic carbocycles. The summed E-state index contributed by atoms with van der Waals surface area (Å²) in [5.41, 5.74) is 4.09. The largest absolute Gasteiger partial charge is 0.417 e. The van der Waals surface area contributed by atoms with Crippen LogP contribution in [-0.4, -0.2) is 28.8 Å². The van der Waals surface area contributed by atoms with Gasteiger partial charge in [-0.1, -0.05) is 0 Å². The van der Waals surface area contributed by atoms with Crippen molar-refractivity contribution in [2.45, 2.75) is 31.5 Å². The van der Waals surface area contributed by atoms with E-state index in [0.29, 0.717) is 31.7 Å². The Morgan fingerprint density at radius 1 is 1.37 bits per heavy atom. The van der Waals surface area contributed by atoms with Gasteiger partial charge in [-0.15, -0.1) is 0 Å². The maximum atomic E-state index is 12.5. The third-order valence-electron chi connectivity index (χ3n) is 3.36. The van der Waals surface area contributed by atoms with E-state index in [1.807, 2.05) is 0 Å². The molecule has 1 aliphatic rings. The van der Waals surface area contributed by atoms with Crippen molar-refractivity contribution in [3.05, 3.63) is 17.8 Å². The summed E-state index contributed by atoms with van der Waals surface area (Å²) in [7, 11) is 0. The van der Waals surface area contributed by atoms with E-state index < -0.39 is 17.3 Å². The van der Waals surface area contributed by atoms with Gasteiger partial charge in [0.05, 0.1) is 16.9 Å². The normalized spacial score (nSPS) is 19.5. The number of hydrogen-bond acceptors (Lipinski definition) is 4. The molecule has 3 N–H and O–H groups in total. The van der Waals surface area contributed by atoms with Crippen molar-refractivity contribution in [2.24, 2.45) is 0 Å². The highest BCUT2D eigenvalue weighted by Crippen LogP contribution is 2.34.